The Kier molecular flexibility index (Phi) is 8.45. The van der Waals surface area contributed by atoms with Gasteiger partial charge in [-0.15, -0.1) is 0 Å². The van der Waals surface area contributed by atoms with Crippen LogP contribution in [0.5, 0.6) is 0 Å². The summed E-state index contributed by atoms with van der Waals surface area (Å²) in [5, 5.41) is 2.73. The Morgan fingerprint density at radius 2 is 1.64 bits per heavy atom. The quantitative estimate of drug-likeness (QED) is 0.443. The Morgan fingerprint density at radius 1 is 1.04 bits per heavy atom. The smallest absolute Gasteiger partial charge is 0.307 e. The second kappa shape index (κ2) is 10.8. The predicted octanol–water partition coefficient (Wildman–Crippen LogP) is 5.33. The number of benzene rings is 2. The summed E-state index contributed by atoms with van der Waals surface area (Å²) in [7, 11) is 1.33. The van der Waals surface area contributed by atoms with Gasteiger partial charge in [-0.25, -0.2) is 0 Å². The van der Waals surface area contributed by atoms with Crippen LogP contribution in [0.15, 0.2) is 53.0 Å². The number of allylic oxidation sites excluding steroid dienone is 1. The highest BCUT2D eigenvalue weighted by atomic mass is 79.9. The molecular formula is C23H26BrNO3. The van der Waals surface area contributed by atoms with Crippen molar-refractivity contribution in [3.05, 3.63) is 69.7 Å². The molecule has 0 saturated carbocycles. The van der Waals surface area contributed by atoms with Crippen LogP contribution in [0.2, 0.25) is 0 Å². The molecule has 0 unspecified atom stereocenters. The number of esters is 1. The number of rotatable bonds is 8. The van der Waals surface area contributed by atoms with Gasteiger partial charge in [0.1, 0.15) is 0 Å². The first-order valence-corrected chi connectivity index (χ1v) is 10.1. The Labute approximate surface area is 175 Å². The van der Waals surface area contributed by atoms with E-state index in [-0.39, 0.29) is 24.8 Å². The maximum Gasteiger partial charge on any atom is 0.307 e. The molecule has 0 spiro atoms. The van der Waals surface area contributed by atoms with Crippen molar-refractivity contribution >= 4 is 39.5 Å². The molecule has 0 aromatic heterocycles. The topological polar surface area (TPSA) is 55.4 Å². The van der Waals surface area contributed by atoms with Gasteiger partial charge in [0, 0.05) is 16.6 Å². The van der Waals surface area contributed by atoms with Crippen LogP contribution in [0.1, 0.15) is 48.2 Å². The van der Waals surface area contributed by atoms with Crippen molar-refractivity contribution in [2.45, 2.75) is 26.7 Å². The standard InChI is InChI=1S/C23H26BrNO3/c1-16(2)14-20(15-17-4-10-21(24)11-5-17)18-6-8-19(9-7-18)23(27)25-13-12-22(26)28-3/h4-11,15-16H,12-14H2,1-3H3,(H,25,27). The third kappa shape index (κ3) is 6.97. The van der Waals surface area contributed by atoms with Crippen LogP contribution in [0.4, 0.5) is 0 Å². The second-order valence-electron chi connectivity index (χ2n) is 6.98. The van der Waals surface area contributed by atoms with Gasteiger partial charge in [-0.2, -0.15) is 0 Å². The first-order valence-electron chi connectivity index (χ1n) is 9.30. The summed E-state index contributed by atoms with van der Waals surface area (Å²) in [6, 6.07) is 15.8. The summed E-state index contributed by atoms with van der Waals surface area (Å²) >= 11 is 3.46. The second-order valence-corrected chi connectivity index (χ2v) is 7.89. The maximum atomic E-state index is 12.2. The zero-order valence-corrected chi connectivity index (χ0v) is 18.1. The number of hydrogen-bond acceptors (Lipinski definition) is 3. The third-order valence-electron chi connectivity index (χ3n) is 4.20. The summed E-state index contributed by atoms with van der Waals surface area (Å²) in [5.74, 6) is -0.0206. The van der Waals surface area contributed by atoms with Crippen LogP contribution in [0, 0.1) is 5.92 Å². The van der Waals surface area contributed by atoms with Crippen molar-refractivity contribution in [3.63, 3.8) is 0 Å². The van der Waals surface area contributed by atoms with Gasteiger partial charge in [0.05, 0.1) is 13.5 Å². The number of carbonyl (C=O) groups is 2. The summed E-state index contributed by atoms with van der Waals surface area (Å²) in [6.45, 7) is 4.65. The fourth-order valence-electron chi connectivity index (χ4n) is 2.78. The number of halogens is 1. The summed E-state index contributed by atoms with van der Waals surface area (Å²) in [6.07, 6.45) is 3.30. The molecule has 0 bridgehead atoms. The normalized spacial score (nSPS) is 11.4. The summed E-state index contributed by atoms with van der Waals surface area (Å²) < 4.78 is 5.62. The monoisotopic (exact) mass is 443 g/mol. The number of hydrogen-bond donors (Lipinski definition) is 1. The molecule has 0 heterocycles. The van der Waals surface area contributed by atoms with Crippen molar-refractivity contribution < 1.29 is 14.3 Å². The van der Waals surface area contributed by atoms with Gasteiger partial charge in [-0.3, -0.25) is 9.59 Å². The van der Waals surface area contributed by atoms with Crippen molar-refractivity contribution in [2.24, 2.45) is 5.92 Å². The fraction of sp³-hybridized carbons (Fsp3) is 0.304. The van der Waals surface area contributed by atoms with E-state index in [1.54, 1.807) is 0 Å². The molecule has 2 rings (SSSR count). The van der Waals surface area contributed by atoms with Crippen molar-refractivity contribution in [3.8, 4) is 0 Å². The number of methoxy groups -OCH3 is 1. The lowest BCUT2D eigenvalue weighted by molar-refractivity contribution is -0.140. The average Bonchev–Trinajstić information content (AvgIpc) is 2.68. The fourth-order valence-corrected chi connectivity index (χ4v) is 3.04. The minimum absolute atomic E-state index is 0.161. The first kappa shape index (κ1) is 21.9. The number of ether oxygens (including phenoxy) is 1. The highest BCUT2D eigenvalue weighted by molar-refractivity contribution is 9.10. The van der Waals surface area contributed by atoms with Gasteiger partial charge >= 0.3 is 5.97 Å². The van der Waals surface area contributed by atoms with Crippen LogP contribution in [-0.4, -0.2) is 25.5 Å². The molecule has 0 fully saturated rings. The Hall–Kier alpha value is -2.40. The maximum absolute atomic E-state index is 12.2. The van der Waals surface area contributed by atoms with Gasteiger partial charge in [0.25, 0.3) is 5.91 Å². The molecule has 2 aromatic rings. The molecule has 0 aliphatic carbocycles. The molecular weight excluding hydrogens is 418 g/mol. The zero-order valence-electron chi connectivity index (χ0n) is 16.5. The van der Waals surface area contributed by atoms with Gasteiger partial charge in [0.15, 0.2) is 0 Å². The van der Waals surface area contributed by atoms with Crippen molar-refractivity contribution in [1.82, 2.24) is 5.32 Å². The first-order chi connectivity index (χ1) is 13.4. The third-order valence-corrected chi connectivity index (χ3v) is 4.73. The number of amides is 1. The highest BCUT2D eigenvalue weighted by Crippen LogP contribution is 2.26. The predicted molar refractivity (Wildman–Crippen MR) is 117 cm³/mol. The molecule has 0 saturated heterocycles. The lowest BCUT2D eigenvalue weighted by Gasteiger charge is -2.12. The van der Waals surface area contributed by atoms with E-state index in [9.17, 15) is 9.59 Å². The molecule has 0 aliphatic rings. The van der Waals surface area contributed by atoms with E-state index in [0.29, 0.717) is 11.5 Å². The van der Waals surface area contributed by atoms with E-state index in [0.717, 1.165) is 22.0 Å². The molecule has 28 heavy (non-hydrogen) atoms. The Balaban J connectivity index is 2.13. The number of carbonyl (C=O) groups excluding carboxylic acids is 2. The Morgan fingerprint density at radius 3 is 2.21 bits per heavy atom. The molecule has 0 radical (unpaired) electrons. The van der Waals surface area contributed by atoms with Crippen LogP contribution in [0.25, 0.3) is 11.6 Å². The van der Waals surface area contributed by atoms with Gasteiger partial charge in [0.2, 0.25) is 0 Å². The summed E-state index contributed by atoms with van der Waals surface area (Å²) in [5.41, 5.74) is 4.04. The minimum Gasteiger partial charge on any atom is -0.469 e. The highest BCUT2D eigenvalue weighted by Gasteiger charge is 2.09. The molecule has 5 heteroatoms. The van der Waals surface area contributed by atoms with Gasteiger partial charge < -0.3 is 10.1 Å². The Bertz CT molecular complexity index is 824. The molecule has 0 atom stereocenters. The van der Waals surface area contributed by atoms with Gasteiger partial charge in [-0.05, 0) is 53.3 Å². The SMILES string of the molecule is COC(=O)CCNC(=O)c1ccc(C(=Cc2ccc(Br)cc2)CC(C)C)cc1. The summed E-state index contributed by atoms with van der Waals surface area (Å²) in [4.78, 5) is 23.3. The van der Waals surface area contributed by atoms with E-state index in [1.165, 1.54) is 12.7 Å². The van der Waals surface area contributed by atoms with E-state index in [1.807, 2.05) is 36.4 Å². The van der Waals surface area contributed by atoms with Crippen LogP contribution in [-0.2, 0) is 9.53 Å². The lowest BCUT2D eigenvalue weighted by atomic mass is 9.94. The van der Waals surface area contributed by atoms with Crippen molar-refractivity contribution in [2.75, 3.05) is 13.7 Å². The number of nitrogens with one attached hydrogen (secondary N) is 1. The van der Waals surface area contributed by atoms with E-state index in [2.05, 4.69) is 58.0 Å². The largest absolute Gasteiger partial charge is 0.469 e. The van der Waals surface area contributed by atoms with Crippen LogP contribution in [0.3, 0.4) is 0 Å². The van der Waals surface area contributed by atoms with Crippen molar-refractivity contribution in [1.29, 1.82) is 0 Å². The van der Waals surface area contributed by atoms with E-state index in [4.69, 9.17) is 0 Å². The molecule has 1 amide bonds. The van der Waals surface area contributed by atoms with Crippen LogP contribution < -0.4 is 5.32 Å². The van der Waals surface area contributed by atoms with E-state index < -0.39 is 0 Å². The minimum atomic E-state index is -0.341. The average molecular weight is 444 g/mol. The molecule has 1 N–H and O–H groups in total. The van der Waals surface area contributed by atoms with E-state index >= 15 is 0 Å². The van der Waals surface area contributed by atoms with Gasteiger partial charge in [-0.1, -0.05) is 60.1 Å². The molecule has 0 aliphatic heterocycles. The molecule has 148 valence electrons. The lowest BCUT2D eigenvalue weighted by Crippen LogP contribution is -2.26. The molecule has 2 aromatic carbocycles. The zero-order chi connectivity index (χ0) is 20.5. The van der Waals surface area contributed by atoms with Crippen LogP contribution >= 0.6 is 15.9 Å². The molecule has 4 nitrogen and oxygen atoms in total.